The third kappa shape index (κ3) is 5.45. The summed E-state index contributed by atoms with van der Waals surface area (Å²) in [5, 5.41) is 5.30. The van der Waals surface area contributed by atoms with E-state index in [0.29, 0.717) is 12.1 Å². The predicted octanol–water partition coefficient (Wildman–Crippen LogP) is 0.0942. The van der Waals surface area contributed by atoms with Crippen LogP contribution in [0.2, 0.25) is 0 Å². The predicted molar refractivity (Wildman–Crippen MR) is 70.3 cm³/mol. The maximum absolute atomic E-state index is 11.6. The molecule has 0 unspecified atom stereocenters. The molecule has 0 aromatic heterocycles. The van der Waals surface area contributed by atoms with Gasteiger partial charge >= 0.3 is 0 Å². The summed E-state index contributed by atoms with van der Waals surface area (Å²) in [5.41, 5.74) is 0.554. The van der Waals surface area contributed by atoms with Crippen LogP contribution in [0.25, 0.3) is 0 Å². The zero-order chi connectivity index (χ0) is 13.4. The van der Waals surface area contributed by atoms with E-state index in [2.05, 4.69) is 10.6 Å². The van der Waals surface area contributed by atoms with Crippen LogP contribution in [0.1, 0.15) is 10.4 Å². The fraction of sp³-hybridized carbons (Fsp3) is 0.385. The molecule has 5 heteroatoms. The van der Waals surface area contributed by atoms with E-state index < -0.39 is 0 Å². The molecular weight excluding hydrogens is 230 g/mol. The van der Waals surface area contributed by atoms with Gasteiger partial charge in [-0.25, -0.2) is 0 Å². The molecule has 5 nitrogen and oxygen atoms in total. The van der Waals surface area contributed by atoms with Crippen molar-refractivity contribution in [3.63, 3.8) is 0 Å². The lowest BCUT2D eigenvalue weighted by Crippen LogP contribution is -2.39. The number of carbonyl (C=O) groups is 2. The van der Waals surface area contributed by atoms with Gasteiger partial charge in [-0.2, -0.15) is 0 Å². The Labute approximate surface area is 107 Å². The van der Waals surface area contributed by atoms with E-state index in [9.17, 15) is 9.59 Å². The van der Waals surface area contributed by atoms with Crippen LogP contribution in [-0.4, -0.2) is 50.4 Å². The Morgan fingerprint density at radius 3 is 2.39 bits per heavy atom. The number of rotatable bonds is 6. The number of benzene rings is 1. The first-order valence-electron chi connectivity index (χ1n) is 5.84. The fourth-order valence-corrected chi connectivity index (χ4v) is 1.33. The van der Waals surface area contributed by atoms with Crippen molar-refractivity contribution >= 4 is 11.8 Å². The minimum atomic E-state index is -0.238. The number of nitrogens with zero attached hydrogens (tertiary/aromatic N) is 1. The summed E-state index contributed by atoms with van der Waals surface area (Å²) in [6.45, 7) is 1.35. The minimum Gasteiger partial charge on any atom is -0.353 e. The molecule has 0 heterocycles. The Kier molecular flexibility index (Phi) is 5.87. The molecule has 1 aromatic carbocycles. The van der Waals surface area contributed by atoms with Gasteiger partial charge in [-0.05, 0) is 26.2 Å². The summed E-state index contributed by atoms with van der Waals surface area (Å²) in [6.07, 6.45) is 0. The molecule has 0 bridgehead atoms. The van der Waals surface area contributed by atoms with Crippen LogP contribution < -0.4 is 10.6 Å². The molecular formula is C13H19N3O2. The van der Waals surface area contributed by atoms with Crippen LogP contribution in [0.3, 0.4) is 0 Å². The number of carbonyl (C=O) groups excluding carboxylic acids is 2. The number of hydrogen-bond acceptors (Lipinski definition) is 3. The van der Waals surface area contributed by atoms with Crippen molar-refractivity contribution in [3.05, 3.63) is 35.9 Å². The van der Waals surface area contributed by atoms with E-state index >= 15 is 0 Å². The van der Waals surface area contributed by atoms with Gasteiger partial charge in [0.1, 0.15) is 0 Å². The van der Waals surface area contributed by atoms with Gasteiger partial charge in [0.2, 0.25) is 5.91 Å². The quantitative estimate of drug-likeness (QED) is 0.751. The number of hydrogen-bond donors (Lipinski definition) is 2. The summed E-state index contributed by atoms with van der Waals surface area (Å²) >= 11 is 0. The summed E-state index contributed by atoms with van der Waals surface area (Å²) < 4.78 is 0. The van der Waals surface area contributed by atoms with Gasteiger partial charge < -0.3 is 15.5 Å². The molecule has 0 saturated carbocycles. The second kappa shape index (κ2) is 7.45. The number of amides is 2. The number of likely N-dealkylation sites (N-methyl/N-ethyl adjacent to an activating group) is 1. The van der Waals surface area contributed by atoms with Gasteiger partial charge in [-0.3, -0.25) is 9.59 Å². The zero-order valence-electron chi connectivity index (χ0n) is 10.8. The minimum absolute atomic E-state index is 0.00115. The Morgan fingerprint density at radius 2 is 1.78 bits per heavy atom. The van der Waals surface area contributed by atoms with E-state index in [-0.39, 0.29) is 18.4 Å². The average Bonchev–Trinajstić information content (AvgIpc) is 2.36. The van der Waals surface area contributed by atoms with Crippen LogP contribution in [-0.2, 0) is 4.79 Å². The fourth-order valence-electron chi connectivity index (χ4n) is 1.33. The topological polar surface area (TPSA) is 61.4 Å². The molecule has 98 valence electrons. The van der Waals surface area contributed by atoms with Gasteiger partial charge in [0.05, 0.1) is 6.54 Å². The van der Waals surface area contributed by atoms with Crippen LogP contribution in [0.15, 0.2) is 30.3 Å². The molecule has 0 radical (unpaired) electrons. The summed E-state index contributed by atoms with van der Waals surface area (Å²) in [5.74, 6) is -0.417. The maximum atomic E-state index is 11.6. The van der Waals surface area contributed by atoms with Crippen molar-refractivity contribution in [1.82, 2.24) is 15.5 Å². The van der Waals surface area contributed by atoms with Gasteiger partial charge in [0.15, 0.2) is 0 Å². The van der Waals surface area contributed by atoms with Gasteiger partial charge in [-0.1, -0.05) is 18.2 Å². The Hall–Kier alpha value is -1.88. The van der Waals surface area contributed by atoms with Gasteiger partial charge in [-0.15, -0.1) is 0 Å². The Balaban J connectivity index is 2.24. The lowest BCUT2D eigenvalue weighted by atomic mass is 10.2. The van der Waals surface area contributed by atoms with Crippen molar-refractivity contribution in [1.29, 1.82) is 0 Å². The van der Waals surface area contributed by atoms with Crippen molar-refractivity contribution in [2.45, 2.75) is 0 Å². The Bertz CT molecular complexity index is 390. The normalized spacial score (nSPS) is 10.2. The molecule has 18 heavy (non-hydrogen) atoms. The lowest BCUT2D eigenvalue weighted by molar-refractivity contribution is -0.120. The summed E-state index contributed by atoms with van der Waals surface area (Å²) in [4.78, 5) is 25.0. The molecule has 0 aliphatic rings. The molecule has 0 aliphatic carbocycles. The van der Waals surface area contributed by atoms with Crippen molar-refractivity contribution in [3.8, 4) is 0 Å². The standard InChI is InChI=1S/C13H19N3O2/c1-16(2)9-8-14-12(17)10-15-13(18)11-6-4-3-5-7-11/h3-7H,8-10H2,1-2H3,(H,14,17)(H,15,18). The first kappa shape index (κ1) is 14.2. The SMILES string of the molecule is CN(C)CCNC(=O)CNC(=O)c1ccccc1. The molecule has 0 saturated heterocycles. The average molecular weight is 249 g/mol. The largest absolute Gasteiger partial charge is 0.353 e. The lowest BCUT2D eigenvalue weighted by Gasteiger charge is -2.10. The highest BCUT2D eigenvalue weighted by Crippen LogP contribution is 1.96. The highest BCUT2D eigenvalue weighted by atomic mass is 16.2. The first-order chi connectivity index (χ1) is 8.59. The van der Waals surface area contributed by atoms with Gasteiger partial charge in [0.25, 0.3) is 5.91 Å². The smallest absolute Gasteiger partial charge is 0.251 e. The van der Waals surface area contributed by atoms with E-state index in [1.807, 2.05) is 25.1 Å². The van der Waals surface area contributed by atoms with Crippen LogP contribution in [0.4, 0.5) is 0 Å². The van der Waals surface area contributed by atoms with Crippen LogP contribution >= 0.6 is 0 Å². The molecule has 1 aromatic rings. The molecule has 0 fully saturated rings. The summed E-state index contributed by atoms with van der Waals surface area (Å²) in [7, 11) is 3.87. The van der Waals surface area contributed by atoms with Crippen molar-refractivity contribution < 1.29 is 9.59 Å². The van der Waals surface area contributed by atoms with E-state index in [0.717, 1.165) is 6.54 Å². The highest BCUT2D eigenvalue weighted by Gasteiger charge is 2.06. The Morgan fingerprint density at radius 1 is 1.11 bits per heavy atom. The maximum Gasteiger partial charge on any atom is 0.251 e. The third-order valence-electron chi connectivity index (χ3n) is 2.33. The second-order valence-electron chi connectivity index (χ2n) is 4.20. The molecule has 0 spiro atoms. The third-order valence-corrected chi connectivity index (χ3v) is 2.33. The molecule has 0 aliphatic heterocycles. The second-order valence-corrected chi connectivity index (χ2v) is 4.20. The first-order valence-corrected chi connectivity index (χ1v) is 5.84. The highest BCUT2D eigenvalue weighted by molar-refractivity contribution is 5.96. The summed E-state index contributed by atoms with van der Waals surface area (Å²) in [6, 6.07) is 8.82. The molecule has 2 amide bonds. The van der Waals surface area contributed by atoms with Crippen molar-refractivity contribution in [2.24, 2.45) is 0 Å². The van der Waals surface area contributed by atoms with E-state index in [4.69, 9.17) is 0 Å². The molecule has 2 N–H and O–H groups in total. The van der Waals surface area contributed by atoms with Gasteiger partial charge in [0, 0.05) is 18.7 Å². The van der Waals surface area contributed by atoms with E-state index in [1.165, 1.54) is 0 Å². The van der Waals surface area contributed by atoms with Crippen LogP contribution in [0, 0.1) is 0 Å². The zero-order valence-corrected chi connectivity index (χ0v) is 10.8. The molecule has 1 rings (SSSR count). The van der Waals surface area contributed by atoms with E-state index in [1.54, 1.807) is 24.3 Å². The molecule has 0 atom stereocenters. The van der Waals surface area contributed by atoms with Crippen LogP contribution in [0.5, 0.6) is 0 Å². The van der Waals surface area contributed by atoms with Crippen molar-refractivity contribution in [2.75, 3.05) is 33.7 Å². The monoisotopic (exact) mass is 249 g/mol. The number of nitrogens with one attached hydrogen (secondary N) is 2.